The molecule has 15 heavy (non-hydrogen) atoms. The highest BCUT2D eigenvalue weighted by Gasteiger charge is 1.80. The van der Waals surface area contributed by atoms with Crippen molar-refractivity contribution < 1.29 is 4.79 Å². The average molecular weight is 198 g/mol. The Balaban J connectivity index is 2.54. The maximum atomic E-state index is 10.1. The molecule has 0 aliphatic rings. The first kappa shape index (κ1) is 11.2. The fourth-order valence-electron chi connectivity index (χ4n) is 1.10. The molecule has 0 heterocycles. The Morgan fingerprint density at radius 1 is 1.13 bits per heavy atom. The Kier molecular flexibility index (Phi) is 4.88. The van der Waals surface area contributed by atoms with E-state index in [1.165, 1.54) is 11.6 Å². The van der Waals surface area contributed by atoms with Crippen LogP contribution in [0.5, 0.6) is 0 Å². The van der Waals surface area contributed by atoms with E-state index in [1.54, 1.807) is 0 Å². The van der Waals surface area contributed by atoms with Crippen molar-refractivity contribution in [3.8, 4) is 0 Å². The van der Waals surface area contributed by atoms with Gasteiger partial charge in [-0.15, -0.1) is 0 Å². The van der Waals surface area contributed by atoms with Gasteiger partial charge in [-0.2, -0.15) is 0 Å². The van der Waals surface area contributed by atoms with Crippen LogP contribution in [0.15, 0.2) is 60.2 Å². The Labute approximate surface area is 90.4 Å². The van der Waals surface area contributed by atoms with E-state index in [4.69, 9.17) is 0 Å². The van der Waals surface area contributed by atoms with Crippen molar-refractivity contribution in [2.75, 3.05) is 0 Å². The number of rotatable bonds is 4. The van der Waals surface area contributed by atoms with Crippen LogP contribution in [0.4, 0.5) is 0 Å². The van der Waals surface area contributed by atoms with E-state index in [2.05, 4.69) is 0 Å². The van der Waals surface area contributed by atoms with Gasteiger partial charge in [0.1, 0.15) is 6.29 Å². The zero-order chi connectivity index (χ0) is 10.9. The van der Waals surface area contributed by atoms with Crippen LogP contribution in [0.2, 0.25) is 0 Å². The molecule has 1 heteroatoms. The maximum absolute atomic E-state index is 10.1. The molecule has 0 saturated carbocycles. The van der Waals surface area contributed by atoms with Gasteiger partial charge in [-0.25, -0.2) is 0 Å². The van der Waals surface area contributed by atoms with Crippen LogP contribution in [0.25, 0.3) is 6.08 Å². The zero-order valence-corrected chi connectivity index (χ0v) is 8.76. The molecule has 0 aromatic heterocycles. The second-order valence-electron chi connectivity index (χ2n) is 3.18. The van der Waals surface area contributed by atoms with Gasteiger partial charge < -0.3 is 0 Å². The fraction of sp³-hybridized carbons (Fsp3) is 0.0714. The summed E-state index contributed by atoms with van der Waals surface area (Å²) in [6.07, 6.45) is 10.1. The molecule has 1 rings (SSSR count). The first-order chi connectivity index (χ1) is 7.33. The maximum Gasteiger partial charge on any atom is 0.143 e. The molecule has 1 nitrogen and oxygen atoms in total. The van der Waals surface area contributed by atoms with Crippen LogP contribution in [-0.2, 0) is 4.79 Å². The third-order valence-corrected chi connectivity index (χ3v) is 1.89. The Hall–Kier alpha value is -1.89. The number of carbonyl (C=O) groups is 1. The standard InChI is InChI=1S/C14H14O/c1-13(11-12-15)7-5-6-10-14-8-3-2-4-9-14/h2-12H,1H3. The van der Waals surface area contributed by atoms with Crippen LogP contribution in [0.1, 0.15) is 12.5 Å². The van der Waals surface area contributed by atoms with Crippen molar-refractivity contribution in [2.24, 2.45) is 0 Å². The monoisotopic (exact) mass is 198 g/mol. The second-order valence-corrected chi connectivity index (χ2v) is 3.18. The van der Waals surface area contributed by atoms with Crippen LogP contribution in [-0.4, -0.2) is 6.29 Å². The molecule has 76 valence electrons. The number of hydrogen-bond acceptors (Lipinski definition) is 1. The summed E-state index contributed by atoms with van der Waals surface area (Å²) in [5.41, 5.74) is 2.11. The quantitative estimate of drug-likeness (QED) is 0.411. The van der Waals surface area contributed by atoms with Crippen molar-refractivity contribution in [3.63, 3.8) is 0 Å². The molecule has 0 fully saturated rings. The third kappa shape index (κ3) is 4.77. The van der Waals surface area contributed by atoms with Gasteiger partial charge in [0.05, 0.1) is 0 Å². The van der Waals surface area contributed by atoms with Gasteiger partial charge in [-0.3, -0.25) is 4.79 Å². The van der Waals surface area contributed by atoms with Crippen LogP contribution < -0.4 is 0 Å². The van der Waals surface area contributed by atoms with Crippen LogP contribution in [0.3, 0.4) is 0 Å². The van der Waals surface area contributed by atoms with Gasteiger partial charge in [-0.05, 0) is 24.1 Å². The summed E-state index contributed by atoms with van der Waals surface area (Å²) in [5.74, 6) is 0. The molecular formula is C14H14O. The van der Waals surface area contributed by atoms with Gasteiger partial charge in [0.2, 0.25) is 0 Å². The summed E-state index contributed by atoms with van der Waals surface area (Å²) in [7, 11) is 0. The normalized spacial score (nSPS) is 12.5. The van der Waals surface area contributed by atoms with Crippen LogP contribution >= 0.6 is 0 Å². The average Bonchev–Trinajstić information content (AvgIpc) is 2.26. The van der Waals surface area contributed by atoms with Crippen molar-refractivity contribution >= 4 is 12.4 Å². The van der Waals surface area contributed by atoms with Crippen molar-refractivity contribution in [1.82, 2.24) is 0 Å². The van der Waals surface area contributed by atoms with E-state index in [-0.39, 0.29) is 0 Å². The molecule has 0 saturated heterocycles. The van der Waals surface area contributed by atoms with Gasteiger partial charge in [0, 0.05) is 0 Å². The summed E-state index contributed by atoms with van der Waals surface area (Å²) < 4.78 is 0. The minimum absolute atomic E-state index is 0.792. The zero-order valence-electron chi connectivity index (χ0n) is 8.76. The van der Waals surface area contributed by atoms with E-state index < -0.39 is 0 Å². The molecule has 0 spiro atoms. The summed E-state index contributed by atoms with van der Waals surface area (Å²) in [5, 5.41) is 0. The molecule has 0 radical (unpaired) electrons. The molecule has 0 aliphatic heterocycles. The predicted octanol–water partition coefficient (Wildman–Crippen LogP) is 3.40. The molecule has 1 aromatic carbocycles. The molecule has 0 bridgehead atoms. The molecule has 0 N–H and O–H groups in total. The summed E-state index contributed by atoms with van der Waals surface area (Å²) in [6.45, 7) is 1.89. The molecule has 0 atom stereocenters. The Morgan fingerprint density at radius 2 is 1.87 bits per heavy atom. The van der Waals surface area contributed by atoms with E-state index in [9.17, 15) is 4.79 Å². The number of hydrogen-bond donors (Lipinski definition) is 0. The largest absolute Gasteiger partial charge is 0.299 e. The lowest BCUT2D eigenvalue weighted by atomic mass is 10.2. The lowest BCUT2D eigenvalue weighted by molar-refractivity contribution is -0.104. The van der Waals surface area contributed by atoms with Crippen molar-refractivity contribution in [3.05, 3.63) is 65.8 Å². The van der Waals surface area contributed by atoms with E-state index in [0.717, 1.165) is 11.9 Å². The molecular weight excluding hydrogens is 184 g/mol. The van der Waals surface area contributed by atoms with Gasteiger partial charge in [0.25, 0.3) is 0 Å². The second kappa shape index (κ2) is 6.55. The highest BCUT2D eigenvalue weighted by molar-refractivity contribution is 5.67. The van der Waals surface area contributed by atoms with Crippen molar-refractivity contribution in [1.29, 1.82) is 0 Å². The van der Waals surface area contributed by atoms with Gasteiger partial charge >= 0.3 is 0 Å². The Bertz CT molecular complexity index is 383. The first-order valence-corrected chi connectivity index (χ1v) is 4.85. The third-order valence-electron chi connectivity index (χ3n) is 1.89. The smallest absolute Gasteiger partial charge is 0.143 e. The van der Waals surface area contributed by atoms with Crippen LogP contribution in [0, 0.1) is 0 Å². The lowest BCUT2D eigenvalue weighted by Gasteiger charge is -1.88. The molecule has 1 aromatic rings. The summed E-state index contributed by atoms with van der Waals surface area (Å²) in [4.78, 5) is 10.1. The highest BCUT2D eigenvalue weighted by Crippen LogP contribution is 2.01. The lowest BCUT2D eigenvalue weighted by Crippen LogP contribution is -1.69. The fourth-order valence-corrected chi connectivity index (χ4v) is 1.10. The number of carbonyl (C=O) groups excluding carboxylic acids is 1. The molecule has 0 aliphatic carbocycles. The minimum Gasteiger partial charge on any atom is -0.299 e. The number of benzene rings is 1. The van der Waals surface area contributed by atoms with Gasteiger partial charge in [-0.1, -0.05) is 54.6 Å². The Morgan fingerprint density at radius 3 is 2.53 bits per heavy atom. The highest BCUT2D eigenvalue weighted by atomic mass is 16.1. The summed E-state index contributed by atoms with van der Waals surface area (Å²) >= 11 is 0. The first-order valence-electron chi connectivity index (χ1n) is 4.85. The number of aldehydes is 1. The van der Waals surface area contributed by atoms with Gasteiger partial charge in [0.15, 0.2) is 0 Å². The minimum atomic E-state index is 0.792. The predicted molar refractivity (Wildman–Crippen MR) is 64.4 cm³/mol. The van der Waals surface area contributed by atoms with E-state index in [0.29, 0.717) is 0 Å². The topological polar surface area (TPSA) is 17.1 Å². The SMILES string of the molecule is CC(C=CC=Cc1ccccc1)=CC=O. The van der Waals surface area contributed by atoms with E-state index >= 15 is 0 Å². The van der Waals surface area contributed by atoms with E-state index in [1.807, 2.05) is 61.6 Å². The summed E-state index contributed by atoms with van der Waals surface area (Å²) in [6, 6.07) is 10.1. The number of allylic oxidation sites excluding steroid dienone is 5. The van der Waals surface area contributed by atoms with Crippen molar-refractivity contribution in [2.45, 2.75) is 6.92 Å². The molecule has 0 unspecified atom stereocenters. The molecule has 0 amide bonds.